The summed E-state index contributed by atoms with van der Waals surface area (Å²) in [5.74, 6) is 0.546. The first-order chi connectivity index (χ1) is 9.15. The van der Waals surface area contributed by atoms with E-state index in [9.17, 15) is 0 Å². The second-order valence-electron chi connectivity index (χ2n) is 5.81. The molecular formula is C16H21N3. The third-order valence-corrected chi connectivity index (χ3v) is 4.92. The average molecular weight is 255 g/mol. The minimum Gasteiger partial charge on any atom is -0.327 e. The van der Waals surface area contributed by atoms with Crippen LogP contribution in [0, 0.1) is 5.41 Å². The van der Waals surface area contributed by atoms with Crippen molar-refractivity contribution in [3.63, 3.8) is 0 Å². The molecule has 1 heterocycles. The zero-order valence-electron chi connectivity index (χ0n) is 11.6. The van der Waals surface area contributed by atoms with Gasteiger partial charge in [0.2, 0.25) is 0 Å². The lowest BCUT2D eigenvalue weighted by Gasteiger charge is -2.52. The quantitative estimate of drug-likeness (QED) is 0.916. The van der Waals surface area contributed by atoms with Crippen molar-refractivity contribution in [2.24, 2.45) is 11.1 Å². The van der Waals surface area contributed by atoms with Gasteiger partial charge in [-0.05, 0) is 41.9 Å². The fourth-order valence-corrected chi connectivity index (χ4v) is 3.15. The number of nitrogens with two attached hydrogens (primary N) is 1. The number of para-hydroxylation sites is 1. The van der Waals surface area contributed by atoms with Gasteiger partial charge in [0.05, 0.1) is 11.9 Å². The number of nitrogens with zero attached hydrogens (tertiary/aromatic N) is 2. The molecule has 3 rings (SSSR count). The molecule has 2 aromatic rings. The fourth-order valence-electron chi connectivity index (χ4n) is 3.15. The Hall–Kier alpha value is -1.61. The van der Waals surface area contributed by atoms with Crippen LogP contribution in [0.3, 0.4) is 0 Å². The maximum Gasteiger partial charge on any atom is 0.0645 e. The third kappa shape index (κ3) is 1.89. The Morgan fingerprint density at radius 1 is 1.37 bits per heavy atom. The van der Waals surface area contributed by atoms with Gasteiger partial charge in [-0.2, -0.15) is 5.10 Å². The molecule has 1 saturated carbocycles. The average Bonchev–Trinajstić information content (AvgIpc) is 2.93. The van der Waals surface area contributed by atoms with Crippen LogP contribution in [0.2, 0.25) is 0 Å². The van der Waals surface area contributed by atoms with Gasteiger partial charge in [0.25, 0.3) is 0 Å². The Balaban J connectivity index is 1.87. The molecule has 0 saturated heterocycles. The summed E-state index contributed by atoms with van der Waals surface area (Å²) >= 11 is 0. The zero-order chi connectivity index (χ0) is 13.5. The molecule has 1 aromatic carbocycles. The van der Waals surface area contributed by atoms with Gasteiger partial charge in [0.1, 0.15) is 0 Å². The lowest BCUT2D eigenvalue weighted by Crippen LogP contribution is -2.54. The molecule has 2 N–H and O–H groups in total. The Morgan fingerprint density at radius 2 is 2.11 bits per heavy atom. The highest BCUT2D eigenvalue weighted by atomic mass is 15.3. The molecule has 100 valence electrons. The predicted octanol–water partition coefficient (Wildman–Crippen LogP) is 3.10. The van der Waals surface area contributed by atoms with Gasteiger partial charge in [0.15, 0.2) is 0 Å². The Morgan fingerprint density at radius 3 is 2.74 bits per heavy atom. The number of rotatable bonds is 3. The van der Waals surface area contributed by atoms with Crippen LogP contribution in [0.25, 0.3) is 5.69 Å². The van der Waals surface area contributed by atoms with Gasteiger partial charge in [-0.3, -0.25) is 0 Å². The molecule has 0 bridgehead atoms. The topological polar surface area (TPSA) is 43.8 Å². The van der Waals surface area contributed by atoms with Crippen LogP contribution in [0.4, 0.5) is 0 Å². The van der Waals surface area contributed by atoms with E-state index in [-0.39, 0.29) is 5.41 Å². The van der Waals surface area contributed by atoms with Crippen LogP contribution < -0.4 is 5.73 Å². The van der Waals surface area contributed by atoms with E-state index in [1.54, 1.807) is 0 Å². The summed E-state index contributed by atoms with van der Waals surface area (Å²) < 4.78 is 1.95. The van der Waals surface area contributed by atoms with Crippen LogP contribution in [-0.2, 0) is 0 Å². The molecule has 0 amide bonds. The highest BCUT2D eigenvalue weighted by Crippen LogP contribution is 2.53. The Bertz CT molecular complexity index is 560. The molecule has 3 nitrogen and oxygen atoms in total. The second kappa shape index (κ2) is 4.49. The molecule has 1 aliphatic rings. The molecule has 1 aromatic heterocycles. The Labute approximate surface area is 114 Å². The normalized spacial score (nSPS) is 30.1. The molecule has 3 unspecified atom stereocenters. The highest BCUT2D eigenvalue weighted by molar-refractivity contribution is 5.33. The highest BCUT2D eigenvalue weighted by Gasteiger charge is 2.49. The van der Waals surface area contributed by atoms with Crippen molar-refractivity contribution in [1.82, 2.24) is 9.78 Å². The van der Waals surface area contributed by atoms with Crippen molar-refractivity contribution in [3.05, 3.63) is 48.3 Å². The van der Waals surface area contributed by atoms with E-state index < -0.39 is 0 Å². The lowest BCUT2D eigenvalue weighted by molar-refractivity contribution is 0.0706. The summed E-state index contributed by atoms with van der Waals surface area (Å²) in [7, 11) is 0. The van der Waals surface area contributed by atoms with E-state index in [1.807, 2.05) is 29.1 Å². The maximum atomic E-state index is 6.19. The van der Waals surface area contributed by atoms with Crippen molar-refractivity contribution in [2.45, 2.75) is 38.6 Å². The van der Waals surface area contributed by atoms with E-state index >= 15 is 0 Å². The largest absolute Gasteiger partial charge is 0.327 e. The van der Waals surface area contributed by atoms with Crippen LogP contribution in [0.5, 0.6) is 0 Å². The second-order valence-corrected chi connectivity index (χ2v) is 5.81. The molecule has 3 atom stereocenters. The summed E-state index contributed by atoms with van der Waals surface area (Å²) in [6.07, 6.45) is 6.34. The molecule has 0 spiro atoms. The molecule has 1 fully saturated rings. The first-order valence-corrected chi connectivity index (χ1v) is 7.00. The van der Waals surface area contributed by atoms with Gasteiger partial charge in [-0.25, -0.2) is 4.68 Å². The maximum absolute atomic E-state index is 6.19. The van der Waals surface area contributed by atoms with E-state index in [1.165, 1.54) is 5.56 Å². The third-order valence-electron chi connectivity index (χ3n) is 4.92. The minimum absolute atomic E-state index is 0.227. The van der Waals surface area contributed by atoms with Crippen molar-refractivity contribution >= 4 is 0 Å². The van der Waals surface area contributed by atoms with E-state index in [4.69, 9.17) is 5.73 Å². The molecule has 1 aliphatic carbocycles. The molecule has 3 heteroatoms. The predicted molar refractivity (Wildman–Crippen MR) is 77.3 cm³/mol. The summed E-state index contributed by atoms with van der Waals surface area (Å²) in [6, 6.07) is 10.6. The number of hydrogen-bond acceptors (Lipinski definition) is 2. The Kier molecular flexibility index (Phi) is 2.94. The van der Waals surface area contributed by atoms with E-state index in [0.717, 1.165) is 18.5 Å². The molecule has 0 aliphatic heterocycles. The van der Waals surface area contributed by atoms with E-state index in [0.29, 0.717) is 12.0 Å². The SMILES string of the molecule is CCC1(C)C(N)CC1c1cnn(-c2ccccc2)c1. The minimum atomic E-state index is 0.227. The van der Waals surface area contributed by atoms with Crippen LogP contribution >= 0.6 is 0 Å². The monoisotopic (exact) mass is 255 g/mol. The molecule has 0 radical (unpaired) electrons. The van der Waals surface area contributed by atoms with Crippen LogP contribution in [0.15, 0.2) is 42.7 Å². The van der Waals surface area contributed by atoms with E-state index in [2.05, 4.69) is 37.3 Å². The van der Waals surface area contributed by atoms with Gasteiger partial charge in [-0.15, -0.1) is 0 Å². The lowest BCUT2D eigenvalue weighted by atomic mass is 9.55. The van der Waals surface area contributed by atoms with Gasteiger partial charge in [0, 0.05) is 12.2 Å². The summed E-state index contributed by atoms with van der Waals surface area (Å²) in [5, 5.41) is 4.49. The van der Waals surface area contributed by atoms with Gasteiger partial charge in [-0.1, -0.05) is 32.0 Å². The number of aromatic nitrogens is 2. The molecular weight excluding hydrogens is 234 g/mol. The smallest absolute Gasteiger partial charge is 0.0645 e. The standard InChI is InChI=1S/C16H21N3/c1-3-16(2)14(9-15(16)17)12-10-18-19(11-12)13-7-5-4-6-8-13/h4-8,10-11,14-15H,3,9,17H2,1-2H3. The summed E-state index contributed by atoms with van der Waals surface area (Å²) in [5.41, 5.74) is 8.83. The van der Waals surface area contributed by atoms with Crippen molar-refractivity contribution in [3.8, 4) is 5.69 Å². The van der Waals surface area contributed by atoms with Crippen molar-refractivity contribution in [1.29, 1.82) is 0 Å². The number of benzene rings is 1. The van der Waals surface area contributed by atoms with Crippen LogP contribution in [-0.4, -0.2) is 15.8 Å². The summed E-state index contributed by atoms with van der Waals surface area (Å²) in [6.45, 7) is 4.53. The molecule has 19 heavy (non-hydrogen) atoms. The van der Waals surface area contributed by atoms with Gasteiger partial charge >= 0.3 is 0 Å². The van der Waals surface area contributed by atoms with Crippen molar-refractivity contribution in [2.75, 3.05) is 0 Å². The van der Waals surface area contributed by atoms with Gasteiger partial charge < -0.3 is 5.73 Å². The zero-order valence-corrected chi connectivity index (χ0v) is 11.6. The van der Waals surface area contributed by atoms with Crippen molar-refractivity contribution < 1.29 is 0 Å². The first kappa shape index (κ1) is 12.4. The summed E-state index contributed by atoms with van der Waals surface area (Å²) in [4.78, 5) is 0. The van der Waals surface area contributed by atoms with Crippen LogP contribution in [0.1, 0.15) is 38.2 Å². The first-order valence-electron chi connectivity index (χ1n) is 7.00. The number of hydrogen-bond donors (Lipinski definition) is 1. The fraction of sp³-hybridized carbons (Fsp3) is 0.438.